The van der Waals surface area contributed by atoms with Crippen LogP contribution >= 0.6 is 0 Å². The molecule has 1 aromatic heterocycles. The van der Waals surface area contributed by atoms with Gasteiger partial charge in [0.25, 0.3) is 0 Å². The third-order valence-electron chi connectivity index (χ3n) is 6.22. The predicted octanol–water partition coefficient (Wildman–Crippen LogP) is 2.73. The number of imidazole rings is 1. The van der Waals surface area contributed by atoms with Crippen molar-refractivity contribution in [2.45, 2.75) is 45.8 Å². The van der Waals surface area contributed by atoms with Gasteiger partial charge in [0.05, 0.1) is 19.5 Å². The zero-order valence-corrected chi connectivity index (χ0v) is 19.3. The van der Waals surface area contributed by atoms with Crippen molar-refractivity contribution in [2.75, 3.05) is 39.9 Å². The van der Waals surface area contributed by atoms with Gasteiger partial charge in [-0.05, 0) is 17.0 Å². The second-order valence-electron chi connectivity index (χ2n) is 8.15. The van der Waals surface area contributed by atoms with E-state index in [0.717, 1.165) is 51.9 Å². The Kier molecular flexibility index (Phi) is 9.37. The highest BCUT2D eigenvalue weighted by Gasteiger charge is 2.26. The summed E-state index contributed by atoms with van der Waals surface area (Å²) in [6, 6.07) is 9.20. The smallest absolute Gasteiger partial charge is 0.191 e. The van der Waals surface area contributed by atoms with Crippen LogP contribution in [0.1, 0.15) is 37.8 Å². The highest BCUT2D eigenvalue weighted by molar-refractivity contribution is 5.79. The van der Waals surface area contributed by atoms with E-state index in [1.807, 2.05) is 25.8 Å². The van der Waals surface area contributed by atoms with E-state index in [1.54, 1.807) is 0 Å². The molecular formula is C24H38N6O. The van der Waals surface area contributed by atoms with E-state index in [4.69, 9.17) is 4.74 Å². The maximum atomic E-state index is 5.57. The van der Waals surface area contributed by atoms with Crippen molar-refractivity contribution in [1.29, 1.82) is 0 Å². The van der Waals surface area contributed by atoms with E-state index in [9.17, 15) is 0 Å². The molecule has 2 N–H and O–H groups in total. The lowest BCUT2D eigenvalue weighted by Crippen LogP contribution is -2.53. The van der Waals surface area contributed by atoms with Crippen molar-refractivity contribution in [3.8, 4) is 0 Å². The van der Waals surface area contributed by atoms with Gasteiger partial charge in [0.1, 0.15) is 0 Å². The monoisotopic (exact) mass is 426 g/mol. The van der Waals surface area contributed by atoms with Crippen LogP contribution in [-0.2, 0) is 17.8 Å². The van der Waals surface area contributed by atoms with Gasteiger partial charge < -0.3 is 19.9 Å². The van der Waals surface area contributed by atoms with Crippen LogP contribution in [0.25, 0.3) is 0 Å². The fraction of sp³-hybridized carbons (Fsp3) is 0.583. The lowest BCUT2D eigenvalue weighted by molar-refractivity contribution is 0.00272. The van der Waals surface area contributed by atoms with Crippen LogP contribution in [0.15, 0.2) is 48.0 Å². The SMILES string of the molecule is CCC(CC)C(CNC(=NC)NCc1ccc(Cn2ccnc2)cc1)N1CCOCC1. The summed E-state index contributed by atoms with van der Waals surface area (Å²) in [4.78, 5) is 11.1. The first-order valence-electron chi connectivity index (χ1n) is 11.5. The first-order valence-corrected chi connectivity index (χ1v) is 11.5. The van der Waals surface area contributed by atoms with E-state index in [1.165, 1.54) is 24.0 Å². The molecule has 0 amide bonds. The summed E-state index contributed by atoms with van der Waals surface area (Å²) in [7, 11) is 1.84. The minimum Gasteiger partial charge on any atom is -0.379 e. The Balaban J connectivity index is 1.50. The average Bonchev–Trinajstić information content (AvgIpc) is 3.33. The summed E-state index contributed by atoms with van der Waals surface area (Å²) in [5.74, 6) is 1.53. The minimum absolute atomic E-state index is 0.500. The fourth-order valence-electron chi connectivity index (χ4n) is 4.30. The van der Waals surface area contributed by atoms with Gasteiger partial charge in [-0.1, -0.05) is 51.0 Å². The Labute approximate surface area is 186 Å². The van der Waals surface area contributed by atoms with E-state index in [-0.39, 0.29) is 0 Å². The maximum absolute atomic E-state index is 5.57. The number of guanidine groups is 1. The Morgan fingerprint density at radius 1 is 1.10 bits per heavy atom. The van der Waals surface area contributed by atoms with Crippen LogP contribution in [0.4, 0.5) is 0 Å². The van der Waals surface area contributed by atoms with Crippen LogP contribution in [-0.4, -0.2) is 66.3 Å². The molecule has 2 aromatic rings. The topological polar surface area (TPSA) is 66.7 Å². The molecule has 1 aliphatic rings. The average molecular weight is 427 g/mol. The van der Waals surface area contributed by atoms with Crippen LogP contribution in [0, 0.1) is 5.92 Å². The van der Waals surface area contributed by atoms with Gasteiger partial charge in [-0.15, -0.1) is 0 Å². The Hall–Kier alpha value is -2.38. The lowest BCUT2D eigenvalue weighted by Gasteiger charge is -2.39. The summed E-state index contributed by atoms with van der Waals surface area (Å²) in [5, 5.41) is 7.04. The highest BCUT2D eigenvalue weighted by atomic mass is 16.5. The second-order valence-corrected chi connectivity index (χ2v) is 8.15. The van der Waals surface area contributed by atoms with Gasteiger partial charge >= 0.3 is 0 Å². The molecular weight excluding hydrogens is 388 g/mol. The zero-order chi connectivity index (χ0) is 21.9. The summed E-state index contributed by atoms with van der Waals surface area (Å²) in [6.45, 7) is 10.8. The van der Waals surface area contributed by atoms with Crippen molar-refractivity contribution < 1.29 is 4.74 Å². The third-order valence-corrected chi connectivity index (χ3v) is 6.22. The van der Waals surface area contributed by atoms with Gasteiger partial charge in [-0.2, -0.15) is 0 Å². The molecule has 1 unspecified atom stereocenters. The Morgan fingerprint density at radius 3 is 2.42 bits per heavy atom. The van der Waals surface area contributed by atoms with Crippen molar-refractivity contribution in [3.63, 3.8) is 0 Å². The predicted molar refractivity (Wildman–Crippen MR) is 126 cm³/mol. The second kappa shape index (κ2) is 12.5. The van der Waals surface area contributed by atoms with Crippen LogP contribution < -0.4 is 10.6 Å². The molecule has 0 spiro atoms. The number of morpholine rings is 1. The lowest BCUT2D eigenvalue weighted by atomic mass is 9.92. The molecule has 0 radical (unpaired) electrons. The van der Waals surface area contributed by atoms with Crippen LogP contribution in [0.3, 0.4) is 0 Å². The van der Waals surface area contributed by atoms with Gasteiger partial charge in [-0.3, -0.25) is 9.89 Å². The first kappa shape index (κ1) is 23.3. The standard InChI is InChI=1S/C24H38N6O/c1-4-22(5-2)23(30-12-14-31-15-13-30)17-28-24(25-3)27-16-20-6-8-21(9-7-20)18-29-11-10-26-19-29/h6-11,19,22-23H,4-5,12-18H2,1-3H3,(H2,25,27,28). The van der Waals surface area contributed by atoms with Crippen LogP contribution in [0.5, 0.6) is 0 Å². The van der Waals surface area contributed by atoms with Crippen LogP contribution in [0.2, 0.25) is 0 Å². The molecule has 0 bridgehead atoms. The molecule has 0 aliphatic carbocycles. The van der Waals surface area contributed by atoms with E-state index in [0.29, 0.717) is 12.0 Å². The number of nitrogens with one attached hydrogen (secondary N) is 2. The Bertz CT molecular complexity index is 764. The van der Waals surface area contributed by atoms with Crippen molar-refractivity contribution in [3.05, 3.63) is 54.1 Å². The number of hydrogen-bond acceptors (Lipinski definition) is 4. The van der Waals surface area contributed by atoms with Crippen molar-refractivity contribution >= 4 is 5.96 Å². The van der Waals surface area contributed by atoms with Crippen molar-refractivity contribution in [1.82, 2.24) is 25.1 Å². The van der Waals surface area contributed by atoms with E-state index >= 15 is 0 Å². The summed E-state index contributed by atoms with van der Waals surface area (Å²) < 4.78 is 7.64. The fourth-order valence-corrected chi connectivity index (χ4v) is 4.30. The number of benzene rings is 1. The Morgan fingerprint density at radius 2 is 1.81 bits per heavy atom. The zero-order valence-electron chi connectivity index (χ0n) is 19.3. The number of rotatable bonds is 10. The third kappa shape index (κ3) is 7.08. The summed E-state index contributed by atoms with van der Waals surface area (Å²) in [5.41, 5.74) is 2.50. The highest BCUT2D eigenvalue weighted by Crippen LogP contribution is 2.19. The van der Waals surface area contributed by atoms with E-state index < -0.39 is 0 Å². The van der Waals surface area contributed by atoms with Gasteiger partial charge in [-0.25, -0.2) is 4.98 Å². The minimum atomic E-state index is 0.500. The molecule has 7 heteroatoms. The number of aromatic nitrogens is 2. The number of ether oxygens (including phenoxy) is 1. The number of nitrogens with zero attached hydrogens (tertiary/aromatic N) is 4. The normalized spacial score (nSPS) is 16.5. The molecule has 1 fully saturated rings. The van der Waals surface area contributed by atoms with Gasteiger partial charge in [0.2, 0.25) is 0 Å². The molecule has 1 aromatic carbocycles. The molecule has 1 aliphatic heterocycles. The van der Waals surface area contributed by atoms with E-state index in [2.05, 4.69) is 68.2 Å². The molecule has 1 atom stereocenters. The van der Waals surface area contributed by atoms with Gasteiger partial charge in [0, 0.05) is 58.2 Å². The largest absolute Gasteiger partial charge is 0.379 e. The first-order chi connectivity index (χ1) is 15.2. The summed E-state index contributed by atoms with van der Waals surface area (Å²) >= 11 is 0. The number of aliphatic imine (C=N–C) groups is 1. The molecule has 3 rings (SSSR count). The summed E-state index contributed by atoms with van der Waals surface area (Å²) in [6.07, 6.45) is 8.02. The number of hydrogen-bond donors (Lipinski definition) is 2. The molecule has 170 valence electrons. The van der Waals surface area contributed by atoms with Gasteiger partial charge in [0.15, 0.2) is 5.96 Å². The molecule has 0 saturated carbocycles. The molecule has 7 nitrogen and oxygen atoms in total. The quantitative estimate of drug-likeness (QED) is 0.452. The van der Waals surface area contributed by atoms with Crippen molar-refractivity contribution in [2.24, 2.45) is 10.9 Å². The molecule has 2 heterocycles. The maximum Gasteiger partial charge on any atom is 0.191 e. The molecule has 31 heavy (non-hydrogen) atoms. The molecule has 1 saturated heterocycles.